The van der Waals surface area contributed by atoms with E-state index < -0.39 is 0 Å². The Kier molecular flexibility index (Phi) is 7.19. The molecule has 1 N–H and O–H groups in total. The molecule has 206 valence electrons. The van der Waals surface area contributed by atoms with Gasteiger partial charge in [-0.25, -0.2) is 4.68 Å². The number of nitrogens with zero attached hydrogens (tertiary/aromatic N) is 5. The molecular weight excluding hydrogens is 512 g/mol. The van der Waals surface area contributed by atoms with Gasteiger partial charge in [0.15, 0.2) is 17.3 Å². The second-order valence-electron chi connectivity index (χ2n) is 9.66. The highest BCUT2D eigenvalue weighted by Crippen LogP contribution is 2.34. The molecule has 1 atom stereocenters. The van der Waals surface area contributed by atoms with E-state index >= 15 is 0 Å². The third kappa shape index (κ3) is 5.28. The van der Waals surface area contributed by atoms with Crippen LogP contribution in [-0.4, -0.2) is 50.4 Å². The summed E-state index contributed by atoms with van der Waals surface area (Å²) in [5, 5.41) is 13.6. The maximum atomic E-state index is 13.3. The number of pyridine rings is 1. The molecular formula is C29H30N6O5. The minimum atomic E-state index is -0.186. The van der Waals surface area contributed by atoms with Crippen LogP contribution in [0.3, 0.4) is 0 Å². The van der Waals surface area contributed by atoms with E-state index in [1.807, 2.05) is 54.6 Å². The number of hydrogen-bond acceptors (Lipinski definition) is 9. The van der Waals surface area contributed by atoms with Crippen molar-refractivity contribution in [2.24, 2.45) is 0 Å². The van der Waals surface area contributed by atoms with E-state index in [0.717, 1.165) is 22.5 Å². The molecule has 0 radical (unpaired) electrons. The molecule has 4 heterocycles. The Bertz CT molecular complexity index is 1640. The number of ether oxygens (including phenoxy) is 3. The predicted octanol–water partition coefficient (Wildman–Crippen LogP) is 4.09. The number of hydrogen-bond donors (Lipinski definition) is 1. The molecule has 5 aromatic rings. The van der Waals surface area contributed by atoms with Gasteiger partial charge in [-0.2, -0.15) is 0 Å². The standard InChI is InChI=1S/C29H30N6O5/c1-3-25(28-31-32-33-35(28)16-19-6-8-22(37-2)9-7-19)34(18-23-5-4-10-38-23)17-21-13-20-14-26-27(40-12-11-39-26)15-24(20)30-29(21)36/h4-10,13-15,25H,3,11-12,16-18H2,1-2H3,(H,30,36). The van der Waals surface area contributed by atoms with Gasteiger partial charge in [0, 0.05) is 23.6 Å². The maximum Gasteiger partial charge on any atom is 0.252 e. The van der Waals surface area contributed by atoms with Gasteiger partial charge in [0.25, 0.3) is 5.56 Å². The van der Waals surface area contributed by atoms with Crippen molar-refractivity contribution >= 4 is 10.9 Å². The van der Waals surface area contributed by atoms with Gasteiger partial charge in [0.05, 0.1) is 38.0 Å². The highest BCUT2D eigenvalue weighted by Gasteiger charge is 2.27. The van der Waals surface area contributed by atoms with Crippen molar-refractivity contribution in [3.63, 3.8) is 0 Å². The van der Waals surface area contributed by atoms with Crippen molar-refractivity contribution in [3.05, 3.63) is 93.9 Å². The number of furan rings is 1. The van der Waals surface area contributed by atoms with Crippen molar-refractivity contribution in [2.75, 3.05) is 20.3 Å². The lowest BCUT2D eigenvalue weighted by molar-refractivity contribution is 0.149. The predicted molar refractivity (Wildman–Crippen MR) is 146 cm³/mol. The summed E-state index contributed by atoms with van der Waals surface area (Å²) in [4.78, 5) is 18.5. The molecule has 0 aliphatic carbocycles. The molecule has 1 aliphatic heterocycles. The van der Waals surface area contributed by atoms with E-state index in [-0.39, 0.29) is 11.6 Å². The van der Waals surface area contributed by atoms with Crippen LogP contribution in [0.4, 0.5) is 0 Å². The number of fused-ring (bicyclic) bond motifs is 2. The molecule has 1 aliphatic rings. The third-order valence-electron chi connectivity index (χ3n) is 7.07. The van der Waals surface area contributed by atoms with Crippen LogP contribution in [-0.2, 0) is 19.6 Å². The molecule has 0 amide bonds. The van der Waals surface area contributed by atoms with Crippen molar-refractivity contribution in [1.29, 1.82) is 0 Å². The summed E-state index contributed by atoms with van der Waals surface area (Å²) in [7, 11) is 1.64. The van der Waals surface area contributed by atoms with Crippen LogP contribution < -0.4 is 19.8 Å². The zero-order valence-corrected chi connectivity index (χ0v) is 22.4. The molecule has 0 saturated carbocycles. The number of rotatable bonds is 10. The smallest absolute Gasteiger partial charge is 0.252 e. The Morgan fingerprint density at radius 1 is 1.07 bits per heavy atom. The molecule has 6 rings (SSSR count). The molecule has 1 unspecified atom stereocenters. The van der Waals surface area contributed by atoms with Crippen molar-refractivity contribution < 1.29 is 18.6 Å². The highest BCUT2D eigenvalue weighted by atomic mass is 16.6. The van der Waals surface area contributed by atoms with Crippen molar-refractivity contribution in [3.8, 4) is 17.2 Å². The molecule has 0 saturated heterocycles. The van der Waals surface area contributed by atoms with Crippen LogP contribution in [0.15, 0.2) is 70.1 Å². The lowest BCUT2D eigenvalue weighted by Crippen LogP contribution is -2.32. The first-order valence-electron chi connectivity index (χ1n) is 13.2. The first-order chi connectivity index (χ1) is 19.6. The number of aromatic amines is 1. The fourth-order valence-electron chi connectivity index (χ4n) is 5.07. The Hall–Kier alpha value is -4.64. The van der Waals surface area contributed by atoms with Crippen LogP contribution in [0.5, 0.6) is 17.2 Å². The zero-order valence-electron chi connectivity index (χ0n) is 22.4. The Morgan fingerprint density at radius 3 is 2.60 bits per heavy atom. The van der Waals surface area contributed by atoms with Crippen molar-refractivity contribution in [2.45, 2.75) is 39.0 Å². The first-order valence-corrected chi connectivity index (χ1v) is 13.2. The van der Waals surface area contributed by atoms with Crippen LogP contribution in [0.2, 0.25) is 0 Å². The summed E-state index contributed by atoms with van der Waals surface area (Å²) < 4.78 is 24.2. The van der Waals surface area contributed by atoms with Crippen LogP contribution in [0.25, 0.3) is 10.9 Å². The third-order valence-corrected chi connectivity index (χ3v) is 7.07. The maximum absolute atomic E-state index is 13.3. The summed E-state index contributed by atoms with van der Waals surface area (Å²) in [6.07, 6.45) is 2.37. The number of aromatic nitrogens is 5. The van der Waals surface area contributed by atoms with Gasteiger partial charge in [-0.3, -0.25) is 9.69 Å². The second kappa shape index (κ2) is 11.2. The second-order valence-corrected chi connectivity index (χ2v) is 9.66. The van der Waals surface area contributed by atoms with Crippen LogP contribution >= 0.6 is 0 Å². The van der Waals surface area contributed by atoms with Gasteiger partial charge in [-0.15, -0.1) is 5.10 Å². The Labute approximate surface area is 230 Å². The van der Waals surface area contributed by atoms with E-state index in [0.29, 0.717) is 67.7 Å². The van der Waals surface area contributed by atoms with Gasteiger partial charge in [0.2, 0.25) is 0 Å². The minimum Gasteiger partial charge on any atom is -0.497 e. The Morgan fingerprint density at radius 2 is 1.88 bits per heavy atom. The molecule has 0 bridgehead atoms. The van der Waals surface area contributed by atoms with Gasteiger partial charge >= 0.3 is 0 Å². The van der Waals surface area contributed by atoms with Crippen molar-refractivity contribution in [1.82, 2.24) is 30.1 Å². The highest BCUT2D eigenvalue weighted by molar-refractivity contribution is 5.83. The quantitative estimate of drug-likeness (QED) is 0.278. The number of tetrazole rings is 1. The summed E-state index contributed by atoms with van der Waals surface area (Å²) in [5.41, 5.74) is 2.19. The molecule has 0 fully saturated rings. The SMILES string of the molecule is CCC(c1nnnn1Cc1ccc(OC)cc1)N(Cc1ccco1)Cc1cc2cc3c(cc2[nH]c1=O)OCCO3. The molecule has 11 nitrogen and oxygen atoms in total. The minimum absolute atomic E-state index is 0.165. The van der Waals surface area contributed by atoms with E-state index in [9.17, 15) is 4.79 Å². The van der Waals surface area contributed by atoms with E-state index in [2.05, 4.69) is 32.3 Å². The summed E-state index contributed by atoms with van der Waals surface area (Å²) >= 11 is 0. The average molecular weight is 543 g/mol. The number of methoxy groups -OCH3 is 1. The van der Waals surface area contributed by atoms with E-state index in [1.54, 1.807) is 18.1 Å². The number of H-pyrrole nitrogens is 1. The van der Waals surface area contributed by atoms with Crippen LogP contribution in [0.1, 0.15) is 42.1 Å². The average Bonchev–Trinajstić information content (AvgIpc) is 3.66. The van der Waals surface area contributed by atoms with E-state index in [1.165, 1.54) is 0 Å². The summed E-state index contributed by atoms with van der Waals surface area (Å²) in [5.74, 6) is 3.59. The molecule has 0 spiro atoms. The van der Waals surface area contributed by atoms with Gasteiger partial charge in [0.1, 0.15) is 24.7 Å². The number of benzene rings is 2. The number of nitrogens with one attached hydrogen (secondary N) is 1. The zero-order chi connectivity index (χ0) is 27.5. The molecule has 11 heteroatoms. The summed E-state index contributed by atoms with van der Waals surface area (Å²) in [6, 6.07) is 17.1. The lowest BCUT2D eigenvalue weighted by atomic mass is 10.1. The van der Waals surface area contributed by atoms with E-state index in [4.69, 9.17) is 18.6 Å². The Balaban J connectivity index is 1.33. The van der Waals surface area contributed by atoms with Gasteiger partial charge in [-0.1, -0.05) is 19.1 Å². The molecule has 3 aromatic heterocycles. The fourth-order valence-corrected chi connectivity index (χ4v) is 5.07. The summed E-state index contributed by atoms with van der Waals surface area (Å²) in [6.45, 7) is 4.39. The first kappa shape index (κ1) is 25.6. The lowest BCUT2D eigenvalue weighted by Gasteiger charge is -2.29. The molecule has 40 heavy (non-hydrogen) atoms. The molecule has 2 aromatic carbocycles. The van der Waals surface area contributed by atoms with Gasteiger partial charge < -0.3 is 23.6 Å². The van der Waals surface area contributed by atoms with Gasteiger partial charge in [-0.05, 0) is 58.8 Å². The normalized spacial score (nSPS) is 13.6. The fraction of sp³-hybridized carbons (Fsp3) is 0.310. The largest absolute Gasteiger partial charge is 0.497 e. The monoisotopic (exact) mass is 542 g/mol. The topological polar surface area (TPSA) is 121 Å². The van der Waals surface area contributed by atoms with Crippen LogP contribution in [0, 0.1) is 0 Å².